The van der Waals surface area contributed by atoms with Crippen LogP contribution in [0, 0.1) is 0 Å². The molecule has 0 spiro atoms. The summed E-state index contributed by atoms with van der Waals surface area (Å²) in [6.07, 6.45) is 2.21. The molecule has 3 rings (SSSR count). The Morgan fingerprint density at radius 1 is 1.22 bits per heavy atom. The van der Waals surface area contributed by atoms with E-state index in [9.17, 15) is 9.59 Å². The maximum Gasteiger partial charge on any atom is 0.251 e. The van der Waals surface area contributed by atoms with Crippen LogP contribution in [0.25, 0.3) is 0 Å². The van der Waals surface area contributed by atoms with Crippen LogP contribution < -0.4 is 20.3 Å². The van der Waals surface area contributed by atoms with Gasteiger partial charge in [0.2, 0.25) is 6.79 Å². The molecule has 1 aliphatic heterocycles. The Kier molecular flexibility index (Phi) is 4.52. The molecule has 0 saturated carbocycles. The fourth-order valence-corrected chi connectivity index (χ4v) is 2.45. The number of pyridine rings is 1. The summed E-state index contributed by atoms with van der Waals surface area (Å²) in [5.41, 5.74) is 0.394. The number of aryl methyl sites for hydroxylation is 1. The number of carbonyl (C=O) groups excluding carboxylic acids is 1. The molecule has 6 nitrogen and oxygen atoms in total. The Morgan fingerprint density at radius 3 is 2.91 bits per heavy atom. The molecule has 120 valence electrons. The van der Waals surface area contributed by atoms with Gasteiger partial charge in [0.05, 0.1) is 5.02 Å². The average molecular weight is 335 g/mol. The van der Waals surface area contributed by atoms with Gasteiger partial charge in [0.25, 0.3) is 11.5 Å². The lowest BCUT2D eigenvalue weighted by atomic mass is 10.2. The van der Waals surface area contributed by atoms with Crippen molar-refractivity contribution in [2.45, 2.75) is 13.0 Å². The highest BCUT2D eigenvalue weighted by atomic mass is 35.5. The summed E-state index contributed by atoms with van der Waals surface area (Å²) >= 11 is 5.85. The Hall–Kier alpha value is -2.47. The quantitative estimate of drug-likeness (QED) is 0.850. The molecule has 0 saturated heterocycles. The van der Waals surface area contributed by atoms with E-state index in [1.807, 2.05) is 0 Å². The molecule has 0 unspecified atom stereocenters. The van der Waals surface area contributed by atoms with Crippen molar-refractivity contribution in [1.29, 1.82) is 0 Å². The molecular formula is C16H15ClN2O4. The number of hydrogen-bond donors (Lipinski definition) is 1. The third-order valence-corrected chi connectivity index (χ3v) is 3.67. The molecule has 0 bridgehead atoms. The predicted molar refractivity (Wildman–Crippen MR) is 85.2 cm³/mol. The van der Waals surface area contributed by atoms with Gasteiger partial charge in [0.1, 0.15) is 0 Å². The summed E-state index contributed by atoms with van der Waals surface area (Å²) in [4.78, 5) is 23.7. The minimum absolute atomic E-state index is 0.114. The lowest BCUT2D eigenvalue weighted by Crippen LogP contribution is -2.26. The van der Waals surface area contributed by atoms with Gasteiger partial charge in [0, 0.05) is 30.9 Å². The Bertz CT molecular complexity index is 788. The normalized spacial score (nSPS) is 12.2. The first kappa shape index (κ1) is 15.4. The first-order valence-corrected chi connectivity index (χ1v) is 7.55. The monoisotopic (exact) mass is 334 g/mol. The smallest absolute Gasteiger partial charge is 0.251 e. The van der Waals surface area contributed by atoms with Gasteiger partial charge in [-0.15, -0.1) is 0 Å². The lowest BCUT2D eigenvalue weighted by Gasteiger charge is -2.08. The number of rotatable bonds is 5. The molecular weight excluding hydrogens is 320 g/mol. The second kappa shape index (κ2) is 6.75. The van der Waals surface area contributed by atoms with Crippen LogP contribution >= 0.6 is 11.6 Å². The molecule has 2 aromatic rings. The third-order valence-electron chi connectivity index (χ3n) is 3.44. The second-order valence-electron chi connectivity index (χ2n) is 5.06. The van der Waals surface area contributed by atoms with Gasteiger partial charge in [-0.25, -0.2) is 0 Å². The number of hydrogen-bond acceptors (Lipinski definition) is 4. The molecule has 1 aromatic carbocycles. The average Bonchev–Trinajstić information content (AvgIpc) is 3.02. The highest BCUT2D eigenvalue weighted by Crippen LogP contribution is 2.32. The van der Waals surface area contributed by atoms with Gasteiger partial charge < -0.3 is 19.4 Å². The van der Waals surface area contributed by atoms with Crippen molar-refractivity contribution >= 4 is 17.5 Å². The molecule has 1 amide bonds. The SMILES string of the molecule is O=C(NCCCn1cc(Cl)ccc1=O)c1ccc2c(c1)OCO2. The predicted octanol–water partition coefficient (Wildman–Crippen LogP) is 2.05. The maximum absolute atomic E-state index is 12.1. The first-order valence-electron chi connectivity index (χ1n) is 7.17. The number of halogens is 1. The lowest BCUT2D eigenvalue weighted by molar-refractivity contribution is 0.0952. The van der Waals surface area contributed by atoms with Crippen molar-refractivity contribution in [2.75, 3.05) is 13.3 Å². The number of nitrogens with zero attached hydrogens (tertiary/aromatic N) is 1. The summed E-state index contributed by atoms with van der Waals surface area (Å²) in [5, 5.41) is 3.32. The van der Waals surface area contributed by atoms with E-state index in [0.29, 0.717) is 41.6 Å². The Balaban J connectivity index is 1.51. The van der Waals surface area contributed by atoms with Crippen molar-refractivity contribution < 1.29 is 14.3 Å². The standard InChI is InChI=1S/C16H15ClN2O4/c17-12-3-5-15(20)19(9-12)7-1-6-18-16(21)11-2-4-13-14(8-11)23-10-22-13/h2-5,8-9H,1,6-7,10H2,(H,18,21). The number of amides is 1. The van der Waals surface area contributed by atoms with Crippen molar-refractivity contribution in [3.05, 3.63) is 57.5 Å². The number of nitrogens with one attached hydrogen (secondary N) is 1. The van der Waals surface area contributed by atoms with E-state index < -0.39 is 0 Å². The van der Waals surface area contributed by atoms with Crippen molar-refractivity contribution in [3.63, 3.8) is 0 Å². The van der Waals surface area contributed by atoms with Crippen LogP contribution in [-0.4, -0.2) is 23.8 Å². The van der Waals surface area contributed by atoms with Crippen LogP contribution in [0.1, 0.15) is 16.8 Å². The molecule has 7 heteroatoms. The van der Waals surface area contributed by atoms with E-state index in [1.54, 1.807) is 30.5 Å². The zero-order valence-corrected chi connectivity index (χ0v) is 13.0. The van der Waals surface area contributed by atoms with Crippen LogP contribution in [0.3, 0.4) is 0 Å². The molecule has 2 heterocycles. The molecule has 0 aliphatic carbocycles. The molecule has 1 N–H and O–H groups in total. The summed E-state index contributed by atoms with van der Waals surface area (Å²) < 4.78 is 12.0. The zero-order chi connectivity index (χ0) is 16.2. The van der Waals surface area contributed by atoms with E-state index in [4.69, 9.17) is 21.1 Å². The van der Waals surface area contributed by atoms with E-state index in [0.717, 1.165) is 0 Å². The van der Waals surface area contributed by atoms with Crippen LogP contribution in [0.5, 0.6) is 11.5 Å². The number of fused-ring (bicyclic) bond motifs is 1. The van der Waals surface area contributed by atoms with Crippen LogP contribution in [0.15, 0.2) is 41.3 Å². The fraction of sp³-hybridized carbons (Fsp3) is 0.250. The van der Waals surface area contributed by atoms with E-state index in [-0.39, 0.29) is 18.3 Å². The summed E-state index contributed by atoms with van der Waals surface area (Å²) in [6.45, 7) is 1.11. The van der Waals surface area contributed by atoms with Gasteiger partial charge in [0.15, 0.2) is 11.5 Å². The summed E-state index contributed by atoms with van der Waals surface area (Å²) in [5.74, 6) is 1.02. The van der Waals surface area contributed by atoms with E-state index >= 15 is 0 Å². The first-order chi connectivity index (χ1) is 11.1. The number of benzene rings is 1. The largest absolute Gasteiger partial charge is 0.454 e. The number of aromatic nitrogens is 1. The van der Waals surface area contributed by atoms with Gasteiger partial charge in [-0.05, 0) is 30.7 Å². The summed E-state index contributed by atoms with van der Waals surface area (Å²) in [7, 11) is 0. The minimum atomic E-state index is -0.193. The number of ether oxygens (including phenoxy) is 2. The maximum atomic E-state index is 12.1. The van der Waals surface area contributed by atoms with Crippen LogP contribution in [0.2, 0.25) is 5.02 Å². The van der Waals surface area contributed by atoms with Crippen molar-refractivity contribution in [3.8, 4) is 11.5 Å². The van der Waals surface area contributed by atoms with Crippen molar-refractivity contribution in [2.24, 2.45) is 0 Å². The van der Waals surface area contributed by atoms with E-state index in [1.165, 1.54) is 10.6 Å². The van der Waals surface area contributed by atoms with Crippen molar-refractivity contribution in [1.82, 2.24) is 9.88 Å². The van der Waals surface area contributed by atoms with Crippen LogP contribution in [-0.2, 0) is 6.54 Å². The van der Waals surface area contributed by atoms with Gasteiger partial charge in [-0.3, -0.25) is 9.59 Å². The third kappa shape index (κ3) is 3.65. The highest BCUT2D eigenvalue weighted by Gasteiger charge is 2.15. The van der Waals surface area contributed by atoms with Gasteiger partial charge in [-0.1, -0.05) is 11.6 Å². The highest BCUT2D eigenvalue weighted by molar-refractivity contribution is 6.30. The molecule has 23 heavy (non-hydrogen) atoms. The van der Waals surface area contributed by atoms with Crippen LogP contribution in [0.4, 0.5) is 0 Å². The summed E-state index contributed by atoms with van der Waals surface area (Å²) in [6, 6.07) is 8.03. The fourth-order valence-electron chi connectivity index (χ4n) is 2.27. The van der Waals surface area contributed by atoms with E-state index in [2.05, 4.69) is 5.32 Å². The second-order valence-corrected chi connectivity index (χ2v) is 5.49. The van der Waals surface area contributed by atoms with Gasteiger partial charge >= 0.3 is 0 Å². The molecule has 0 radical (unpaired) electrons. The molecule has 0 fully saturated rings. The molecule has 0 atom stereocenters. The van der Waals surface area contributed by atoms with Gasteiger partial charge in [-0.2, -0.15) is 0 Å². The number of carbonyl (C=O) groups is 1. The zero-order valence-electron chi connectivity index (χ0n) is 12.3. The topological polar surface area (TPSA) is 69.6 Å². The molecule has 1 aliphatic rings. The minimum Gasteiger partial charge on any atom is -0.454 e. The molecule has 1 aromatic heterocycles. The Morgan fingerprint density at radius 2 is 2.04 bits per heavy atom. The Labute approximate surface area is 137 Å².